The molecule has 88 valence electrons. The summed E-state index contributed by atoms with van der Waals surface area (Å²) in [6, 6.07) is 14.2. The van der Waals surface area contributed by atoms with E-state index in [1.165, 1.54) is 4.90 Å². The predicted molar refractivity (Wildman–Crippen MR) is 76.0 cm³/mol. The van der Waals surface area contributed by atoms with Crippen molar-refractivity contribution in [2.24, 2.45) is 5.73 Å². The van der Waals surface area contributed by atoms with Crippen molar-refractivity contribution < 1.29 is 0 Å². The van der Waals surface area contributed by atoms with Crippen LogP contribution < -0.4 is 5.73 Å². The maximum Gasteiger partial charge on any atom is 0.0639 e. The standard InChI is InChI=1S/C13H13BrN2S/c14-10-4-6-11(7-5-10)17-13(9-15)12-3-1-2-8-16-12/h1-8,13H,9,15H2. The Morgan fingerprint density at radius 1 is 1.18 bits per heavy atom. The number of rotatable bonds is 4. The first-order chi connectivity index (χ1) is 8.29. The van der Waals surface area contributed by atoms with E-state index in [1.54, 1.807) is 18.0 Å². The number of pyridine rings is 1. The fourth-order valence-corrected chi connectivity index (χ4v) is 2.72. The molecule has 0 aliphatic heterocycles. The van der Waals surface area contributed by atoms with E-state index >= 15 is 0 Å². The summed E-state index contributed by atoms with van der Waals surface area (Å²) in [6.07, 6.45) is 1.81. The molecule has 0 fully saturated rings. The molecule has 2 N–H and O–H groups in total. The zero-order valence-electron chi connectivity index (χ0n) is 9.21. The van der Waals surface area contributed by atoms with Gasteiger partial charge in [-0.2, -0.15) is 0 Å². The number of nitrogens with two attached hydrogens (primary N) is 1. The Kier molecular flexibility index (Phi) is 4.59. The number of nitrogens with zero attached hydrogens (tertiary/aromatic N) is 1. The molecule has 1 aromatic carbocycles. The van der Waals surface area contributed by atoms with Gasteiger partial charge in [-0.1, -0.05) is 22.0 Å². The molecular formula is C13H13BrN2S. The summed E-state index contributed by atoms with van der Waals surface area (Å²) in [7, 11) is 0. The average molecular weight is 309 g/mol. The first kappa shape index (κ1) is 12.6. The fourth-order valence-electron chi connectivity index (χ4n) is 1.47. The van der Waals surface area contributed by atoms with Gasteiger partial charge in [-0.15, -0.1) is 11.8 Å². The van der Waals surface area contributed by atoms with Crippen LogP contribution in [0.4, 0.5) is 0 Å². The van der Waals surface area contributed by atoms with Crippen LogP contribution in [0.1, 0.15) is 10.9 Å². The first-order valence-corrected chi connectivity index (χ1v) is 7.00. The number of hydrogen-bond acceptors (Lipinski definition) is 3. The van der Waals surface area contributed by atoms with Gasteiger partial charge in [-0.25, -0.2) is 0 Å². The van der Waals surface area contributed by atoms with Crippen molar-refractivity contribution >= 4 is 27.7 Å². The highest BCUT2D eigenvalue weighted by molar-refractivity contribution is 9.10. The van der Waals surface area contributed by atoms with Gasteiger partial charge in [0.1, 0.15) is 0 Å². The summed E-state index contributed by atoms with van der Waals surface area (Å²) in [5.74, 6) is 0. The van der Waals surface area contributed by atoms with Crippen LogP contribution in [-0.4, -0.2) is 11.5 Å². The van der Waals surface area contributed by atoms with Gasteiger partial charge in [-0.3, -0.25) is 4.98 Å². The third kappa shape index (κ3) is 3.56. The number of hydrogen-bond donors (Lipinski definition) is 1. The predicted octanol–water partition coefficient (Wildman–Crippen LogP) is 3.64. The number of benzene rings is 1. The molecule has 1 unspecified atom stereocenters. The van der Waals surface area contributed by atoms with Gasteiger partial charge >= 0.3 is 0 Å². The van der Waals surface area contributed by atoms with Crippen molar-refractivity contribution in [2.45, 2.75) is 10.1 Å². The quantitative estimate of drug-likeness (QED) is 0.877. The topological polar surface area (TPSA) is 38.9 Å². The Morgan fingerprint density at radius 2 is 1.94 bits per heavy atom. The monoisotopic (exact) mass is 308 g/mol. The van der Waals surface area contributed by atoms with Crippen molar-refractivity contribution in [3.8, 4) is 0 Å². The molecule has 4 heteroatoms. The molecule has 0 amide bonds. The minimum Gasteiger partial charge on any atom is -0.329 e. The van der Waals surface area contributed by atoms with Gasteiger partial charge in [-0.05, 0) is 36.4 Å². The van der Waals surface area contributed by atoms with Crippen LogP contribution in [0.5, 0.6) is 0 Å². The Balaban J connectivity index is 2.13. The van der Waals surface area contributed by atoms with Gasteiger partial charge in [0.05, 0.1) is 10.9 Å². The van der Waals surface area contributed by atoms with Crippen molar-refractivity contribution in [3.05, 3.63) is 58.8 Å². The zero-order chi connectivity index (χ0) is 12.1. The lowest BCUT2D eigenvalue weighted by molar-refractivity contribution is 0.898. The summed E-state index contributed by atoms with van der Waals surface area (Å²) < 4.78 is 1.09. The second-order valence-electron chi connectivity index (χ2n) is 3.55. The van der Waals surface area contributed by atoms with E-state index in [9.17, 15) is 0 Å². The Bertz CT molecular complexity index is 459. The molecule has 1 atom stereocenters. The lowest BCUT2D eigenvalue weighted by atomic mass is 10.3. The van der Waals surface area contributed by atoms with Crippen molar-refractivity contribution in [3.63, 3.8) is 0 Å². The largest absolute Gasteiger partial charge is 0.329 e. The van der Waals surface area contributed by atoms with E-state index < -0.39 is 0 Å². The van der Waals surface area contributed by atoms with E-state index in [4.69, 9.17) is 5.73 Å². The molecule has 17 heavy (non-hydrogen) atoms. The lowest BCUT2D eigenvalue weighted by Crippen LogP contribution is -2.10. The van der Waals surface area contributed by atoms with E-state index in [2.05, 4.69) is 33.0 Å². The summed E-state index contributed by atoms with van der Waals surface area (Å²) in [6.45, 7) is 0.581. The van der Waals surface area contributed by atoms with Gasteiger partial charge in [0.25, 0.3) is 0 Å². The van der Waals surface area contributed by atoms with Crippen LogP contribution in [0, 0.1) is 0 Å². The van der Waals surface area contributed by atoms with Crippen LogP contribution in [0.3, 0.4) is 0 Å². The van der Waals surface area contributed by atoms with E-state index in [0.29, 0.717) is 6.54 Å². The molecule has 0 saturated carbocycles. The van der Waals surface area contributed by atoms with Gasteiger partial charge < -0.3 is 5.73 Å². The molecule has 0 aliphatic rings. The van der Waals surface area contributed by atoms with Crippen molar-refractivity contribution in [1.29, 1.82) is 0 Å². The molecule has 0 aliphatic carbocycles. The zero-order valence-corrected chi connectivity index (χ0v) is 11.6. The van der Waals surface area contributed by atoms with Crippen molar-refractivity contribution in [2.75, 3.05) is 6.54 Å². The number of halogens is 1. The smallest absolute Gasteiger partial charge is 0.0639 e. The lowest BCUT2D eigenvalue weighted by Gasteiger charge is -2.13. The second kappa shape index (κ2) is 6.19. The van der Waals surface area contributed by atoms with Crippen LogP contribution in [0.2, 0.25) is 0 Å². The maximum absolute atomic E-state index is 5.81. The summed E-state index contributed by atoms with van der Waals surface area (Å²) in [4.78, 5) is 5.56. The highest BCUT2D eigenvalue weighted by atomic mass is 79.9. The third-order valence-electron chi connectivity index (χ3n) is 2.32. The number of thioether (sulfide) groups is 1. The normalized spacial score (nSPS) is 12.4. The first-order valence-electron chi connectivity index (χ1n) is 5.33. The third-order valence-corrected chi connectivity index (χ3v) is 4.12. The summed E-state index contributed by atoms with van der Waals surface area (Å²) in [5, 5.41) is 0.206. The Morgan fingerprint density at radius 3 is 2.53 bits per heavy atom. The van der Waals surface area contributed by atoms with Gasteiger partial charge in [0.2, 0.25) is 0 Å². The SMILES string of the molecule is NCC(Sc1ccc(Br)cc1)c1ccccn1. The van der Waals surface area contributed by atoms with Gasteiger partial charge in [0, 0.05) is 22.1 Å². The van der Waals surface area contributed by atoms with Crippen LogP contribution in [-0.2, 0) is 0 Å². The molecule has 1 heterocycles. The van der Waals surface area contributed by atoms with E-state index in [1.807, 2.05) is 30.3 Å². The summed E-state index contributed by atoms with van der Waals surface area (Å²) in [5.41, 5.74) is 6.84. The fraction of sp³-hybridized carbons (Fsp3) is 0.154. The minimum absolute atomic E-state index is 0.206. The average Bonchev–Trinajstić information content (AvgIpc) is 2.39. The highest BCUT2D eigenvalue weighted by Gasteiger charge is 2.12. The van der Waals surface area contributed by atoms with E-state index in [-0.39, 0.29) is 5.25 Å². The molecule has 2 nitrogen and oxygen atoms in total. The number of aromatic nitrogens is 1. The van der Waals surface area contributed by atoms with Gasteiger partial charge in [0.15, 0.2) is 0 Å². The molecule has 1 aromatic heterocycles. The summed E-state index contributed by atoms with van der Waals surface area (Å²) >= 11 is 5.17. The molecule has 0 spiro atoms. The Hall–Kier alpha value is -0.840. The maximum atomic E-state index is 5.81. The molecule has 0 saturated heterocycles. The van der Waals surface area contributed by atoms with Crippen LogP contribution >= 0.6 is 27.7 Å². The molecule has 0 bridgehead atoms. The second-order valence-corrected chi connectivity index (χ2v) is 5.74. The molecule has 2 aromatic rings. The molecule has 0 radical (unpaired) electrons. The van der Waals surface area contributed by atoms with Crippen LogP contribution in [0.15, 0.2) is 58.0 Å². The molecule has 2 rings (SSSR count). The highest BCUT2D eigenvalue weighted by Crippen LogP contribution is 2.33. The van der Waals surface area contributed by atoms with Crippen molar-refractivity contribution in [1.82, 2.24) is 4.98 Å². The minimum atomic E-state index is 0.206. The van der Waals surface area contributed by atoms with Crippen LogP contribution in [0.25, 0.3) is 0 Å². The molecular weight excluding hydrogens is 296 g/mol. The Labute approximate surface area is 114 Å². The van der Waals surface area contributed by atoms with E-state index in [0.717, 1.165) is 10.2 Å².